The number of hydrogen-bond donors (Lipinski definition) is 1. The van der Waals surface area contributed by atoms with Gasteiger partial charge in [0.2, 0.25) is 0 Å². The van der Waals surface area contributed by atoms with Gasteiger partial charge in [0, 0.05) is 19.6 Å². The van der Waals surface area contributed by atoms with Crippen LogP contribution in [0, 0.1) is 0 Å². The van der Waals surface area contributed by atoms with E-state index in [1.54, 1.807) is 41.1 Å². The molecule has 10 heteroatoms. The number of nitrogens with zero attached hydrogens (tertiary/aromatic N) is 1. The largest absolute Gasteiger partial charge is 0.493 e. The van der Waals surface area contributed by atoms with Gasteiger partial charge in [-0.2, -0.15) is 4.31 Å². The van der Waals surface area contributed by atoms with Gasteiger partial charge in [0.1, 0.15) is 4.21 Å². The number of hydrogen-bond acceptors (Lipinski definition) is 7. The Balaban J connectivity index is 1.22. The quantitative estimate of drug-likeness (QED) is 0.624. The Morgan fingerprint density at radius 1 is 1.19 bits per heavy atom. The van der Waals surface area contributed by atoms with E-state index in [0.717, 1.165) is 12.8 Å². The number of nitrogens with one attached hydrogen (secondary N) is 1. The monoisotopic (exact) mass is 480 g/mol. The van der Waals surface area contributed by atoms with Gasteiger partial charge in [0.15, 0.2) is 18.1 Å². The van der Waals surface area contributed by atoms with Crippen molar-refractivity contribution < 1.29 is 27.4 Å². The van der Waals surface area contributed by atoms with Crippen molar-refractivity contribution in [2.24, 2.45) is 0 Å². The third-order valence-electron chi connectivity index (χ3n) is 6.02. The molecule has 2 aliphatic heterocycles. The topological polar surface area (TPSA) is 94.2 Å². The third-order valence-corrected chi connectivity index (χ3v) is 9.29. The molecule has 1 unspecified atom stereocenters. The first-order chi connectivity index (χ1) is 15.4. The van der Waals surface area contributed by atoms with Crippen LogP contribution in [-0.4, -0.2) is 63.7 Å². The van der Waals surface area contributed by atoms with E-state index in [0.29, 0.717) is 48.2 Å². The molecule has 1 spiro atoms. The maximum Gasteiger partial charge on any atom is 0.258 e. The molecule has 2 saturated heterocycles. The molecule has 32 heavy (non-hydrogen) atoms. The zero-order valence-corrected chi connectivity index (χ0v) is 19.6. The van der Waals surface area contributed by atoms with E-state index in [4.69, 9.17) is 14.2 Å². The van der Waals surface area contributed by atoms with Crippen LogP contribution in [0.4, 0.5) is 0 Å². The lowest BCUT2D eigenvalue weighted by molar-refractivity contribution is -0.124. The number of sulfonamides is 1. The molecule has 1 amide bonds. The minimum atomic E-state index is -3.42. The summed E-state index contributed by atoms with van der Waals surface area (Å²) in [6.45, 7) is 1.21. The Kier molecular flexibility index (Phi) is 7.04. The summed E-state index contributed by atoms with van der Waals surface area (Å²) in [5.74, 6) is 0.872. The number of methoxy groups -OCH3 is 1. The van der Waals surface area contributed by atoms with E-state index < -0.39 is 10.0 Å². The second-order valence-electron chi connectivity index (χ2n) is 8.04. The van der Waals surface area contributed by atoms with Crippen LogP contribution >= 0.6 is 11.3 Å². The summed E-state index contributed by atoms with van der Waals surface area (Å²) < 4.78 is 44.5. The minimum absolute atomic E-state index is 0.0781. The number of para-hydroxylation sites is 2. The van der Waals surface area contributed by atoms with Crippen LogP contribution < -0.4 is 14.8 Å². The Morgan fingerprint density at radius 3 is 2.62 bits per heavy atom. The van der Waals surface area contributed by atoms with E-state index in [9.17, 15) is 13.2 Å². The van der Waals surface area contributed by atoms with Crippen LogP contribution in [-0.2, 0) is 19.6 Å². The molecule has 0 aliphatic carbocycles. The minimum Gasteiger partial charge on any atom is -0.493 e. The normalized spacial score (nSPS) is 20.8. The fraction of sp³-hybridized carbons (Fsp3) is 0.500. The summed E-state index contributed by atoms with van der Waals surface area (Å²) in [6, 6.07) is 10.6. The number of carbonyl (C=O) groups excluding carboxylic acids is 1. The Hall–Kier alpha value is -2.14. The molecule has 2 fully saturated rings. The van der Waals surface area contributed by atoms with Crippen LogP contribution in [0.3, 0.4) is 0 Å². The van der Waals surface area contributed by atoms with Crippen LogP contribution in [0.5, 0.6) is 11.5 Å². The lowest BCUT2D eigenvalue weighted by Crippen LogP contribution is -2.47. The van der Waals surface area contributed by atoms with E-state index >= 15 is 0 Å². The summed E-state index contributed by atoms with van der Waals surface area (Å²) in [6.07, 6.45) is 2.96. The average molecular weight is 481 g/mol. The highest BCUT2D eigenvalue weighted by molar-refractivity contribution is 7.91. The van der Waals surface area contributed by atoms with Crippen molar-refractivity contribution in [3.63, 3.8) is 0 Å². The van der Waals surface area contributed by atoms with Crippen LogP contribution in [0.2, 0.25) is 0 Å². The lowest BCUT2D eigenvalue weighted by atomic mass is 9.89. The summed E-state index contributed by atoms with van der Waals surface area (Å²) in [5, 5.41) is 4.65. The number of piperidine rings is 1. The molecule has 3 heterocycles. The first kappa shape index (κ1) is 23.0. The fourth-order valence-electron chi connectivity index (χ4n) is 4.24. The summed E-state index contributed by atoms with van der Waals surface area (Å²) in [5.41, 5.74) is -0.301. The van der Waals surface area contributed by atoms with E-state index in [1.807, 2.05) is 12.1 Å². The number of carbonyl (C=O) groups is 1. The maximum absolute atomic E-state index is 12.7. The predicted molar refractivity (Wildman–Crippen MR) is 121 cm³/mol. The highest BCUT2D eigenvalue weighted by Gasteiger charge is 2.44. The van der Waals surface area contributed by atoms with Gasteiger partial charge >= 0.3 is 0 Å². The van der Waals surface area contributed by atoms with E-state index in [2.05, 4.69) is 5.32 Å². The highest BCUT2D eigenvalue weighted by Crippen LogP contribution is 2.40. The summed E-state index contributed by atoms with van der Waals surface area (Å²) >= 11 is 1.24. The molecule has 1 aromatic carbocycles. The second-order valence-corrected chi connectivity index (χ2v) is 11.2. The molecular formula is C22H28N2O6S2. The zero-order chi connectivity index (χ0) is 22.6. The van der Waals surface area contributed by atoms with Crippen molar-refractivity contribution in [2.75, 3.05) is 33.4 Å². The maximum atomic E-state index is 12.7. The van der Waals surface area contributed by atoms with Crippen LogP contribution in [0.15, 0.2) is 46.0 Å². The number of benzene rings is 1. The lowest BCUT2D eigenvalue weighted by Gasteiger charge is -2.38. The molecule has 2 aromatic rings. The van der Waals surface area contributed by atoms with Gasteiger partial charge in [0.05, 0.1) is 18.8 Å². The molecule has 1 aromatic heterocycles. The molecule has 174 valence electrons. The third kappa shape index (κ3) is 5.09. The Morgan fingerprint density at radius 2 is 1.94 bits per heavy atom. The number of ether oxygens (including phenoxy) is 3. The van der Waals surface area contributed by atoms with E-state index in [-0.39, 0.29) is 24.2 Å². The van der Waals surface area contributed by atoms with Gasteiger partial charge in [-0.1, -0.05) is 18.2 Å². The number of amides is 1. The van der Waals surface area contributed by atoms with Crippen molar-refractivity contribution in [1.82, 2.24) is 9.62 Å². The first-order valence-corrected chi connectivity index (χ1v) is 13.0. The molecule has 2 aliphatic rings. The standard InChI is InChI=1S/C22H28N2O6S2/c1-28-18-5-2-3-6-19(18)29-16-20(25)23-15-17-8-9-22(30-17)10-12-24(13-11-22)32(26,27)21-7-4-14-31-21/h2-7,14,17H,8-13,15-16H2,1H3,(H,23,25). The van der Waals surface area contributed by atoms with Gasteiger partial charge in [-0.05, 0) is 49.3 Å². The van der Waals surface area contributed by atoms with Gasteiger partial charge in [-0.25, -0.2) is 8.42 Å². The highest BCUT2D eigenvalue weighted by atomic mass is 32.2. The fourth-order valence-corrected chi connectivity index (χ4v) is 6.82. The number of thiophene rings is 1. The number of rotatable bonds is 8. The van der Waals surface area contributed by atoms with Crippen molar-refractivity contribution >= 4 is 27.3 Å². The van der Waals surface area contributed by atoms with Gasteiger partial charge in [-0.15, -0.1) is 11.3 Å². The molecule has 0 saturated carbocycles. The van der Waals surface area contributed by atoms with Crippen LogP contribution in [0.25, 0.3) is 0 Å². The van der Waals surface area contributed by atoms with Gasteiger partial charge in [-0.3, -0.25) is 4.79 Å². The van der Waals surface area contributed by atoms with Gasteiger partial charge < -0.3 is 19.5 Å². The molecule has 0 bridgehead atoms. The molecule has 8 nitrogen and oxygen atoms in total. The van der Waals surface area contributed by atoms with Crippen molar-refractivity contribution in [3.8, 4) is 11.5 Å². The molecule has 1 atom stereocenters. The molecule has 4 rings (SSSR count). The second kappa shape index (κ2) is 9.78. The SMILES string of the molecule is COc1ccccc1OCC(=O)NCC1CCC2(CCN(S(=O)(=O)c3cccs3)CC2)O1. The van der Waals surface area contributed by atoms with Gasteiger partial charge in [0.25, 0.3) is 15.9 Å². The Bertz CT molecular complexity index is 1020. The zero-order valence-electron chi connectivity index (χ0n) is 18.0. The predicted octanol–water partition coefficient (Wildman–Crippen LogP) is 2.65. The van der Waals surface area contributed by atoms with Crippen molar-refractivity contribution in [1.29, 1.82) is 0 Å². The summed E-state index contributed by atoms with van der Waals surface area (Å²) in [4.78, 5) is 12.2. The van der Waals surface area contributed by atoms with E-state index in [1.165, 1.54) is 11.3 Å². The van der Waals surface area contributed by atoms with Crippen LogP contribution in [0.1, 0.15) is 25.7 Å². The Labute approximate surface area is 192 Å². The van der Waals surface area contributed by atoms with Crippen molar-refractivity contribution in [2.45, 2.75) is 41.6 Å². The molecule has 0 radical (unpaired) electrons. The summed E-state index contributed by atoms with van der Waals surface area (Å²) in [7, 11) is -1.86. The van der Waals surface area contributed by atoms with Crippen molar-refractivity contribution in [3.05, 3.63) is 41.8 Å². The molecule has 1 N–H and O–H groups in total. The first-order valence-electron chi connectivity index (χ1n) is 10.7. The average Bonchev–Trinajstić information content (AvgIpc) is 3.48. The smallest absolute Gasteiger partial charge is 0.258 e. The molecular weight excluding hydrogens is 452 g/mol.